The molecular weight excluding hydrogens is 190 g/mol. The van der Waals surface area contributed by atoms with Crippen LogP contribution in [0.15, 0.2) is 0 Å². The largest absolute Gasteiger partial charge is 0.444 e. The number of likely N-dealkylation sites (tertiary alicyclic amines) is 1. The number of hydrogen-bond acceptors (Lipinski definition) is 2. The van der Waals surface area contributed by atoms with Crippen LogP contribution in [-0.2, 0) is 4.74 Å². The number of amides is 1. The van der Waals surface area contributed by atoms with Crippen molar-refractivity contribution in [2.24, 2.45) is 17.3 Å². The Kier molecular flexibility index (Phi) is 2.08. The lowest BCUT2D eigenvalue weighted by Crippen LogP contribution is -2.37. The monoisotopic (exact) mass is 211 g/mol. The number of carbonyl (C=O) groups is 1. The lowest BCUT2D eigenvalue weighted by Gasteiger charge is -2.26. The number of fused-ring (bicyclic) bond motifs is 1. The van der Waals surface area contributed by atoms with Gasteiger partial charge in [-0.05, 0) is 38.0 Å². The van der Waals surface area contributed by atoms with E-state index in [1.54, 1.807) is 0 Å². The third-order valence-corrected chi connectivity index (χ3v) is 3.77. The first kappa shape index (κ1) is 10.8. The number of rotatable bonds is 0. The molecule has 1 amide bonds. The fraction of sp³-hybridized carbons (Fsp3) is 0.917. The van der Waals surface area contributed by atoms with Crippen molar-refractivity contribution in [3.8, 4) is 0 Å². The average molecular weight is 211 g/mol. The van der Waals surface area contributed by atoms with Gasteiger partial charge in [-0.3, -0.25) is 0 Å². The minimum absolute atomic E-state index is 0.148. The Morgan fingerprint density at radius 3 is 2.13 bits per heavy atom. The zero-order valence-electron chi connectivity index (χ0n) is 10.3. The number of nitrogens with zero attached hydrogens (tertiary/aromatic N) is 1. The summed E-state index contributed by atoms with van der Waals surface area (Å²) in [4.78, 5) is 13.6. The molecule has 15 heavy (non-hydrogen) atoms. The van der Waals surface area contributed by atoms with E-state index in [1.807, 2.05) is 25.7 Å². The maximum atomic E-state index is 11.7. The Hall–Kier alpha value is -0.730. The van der Waals surface area contributed by atoms with E-state index in [9.17, 15) is 4.79 Å². The maximum Gasteiger partial charge on any atom is 0.410 e. The van der Waals surface area contributed by atoms with Gasteiger partial charge in [-0.15, -0.1) is 0 Å². The second-order valence-electron chi connectivity index (χ2n) is 6.42. The summed E-state index contributed by atoms with van der Waals surface area (Å²) in [6, 6.07) is 0. The van der Waals surface area contributed by atoms with Crippen molar-refractivity contribution in [1.82, 2.24) is 4.90 Å². The van der Waals surface area contributed by atoms with Gasteiger partial charge in [-0.1, -0.05) is 13.8 Å². The van der Waals surface area contributed by atoms with Gasteiger partial charge in [0.05, 0.1) is 0 Å². The second-order valence-corrected chi connectivity index (χ2v) is 6.42. The van der Waals surface area contributed by atoms with Crippen LogP contribution >= 0.6 is 0 Å². The van der Waals surface area contributed by atoms with Crippen molar-refractivity contribution in [1.29, 1.82) is 0 Å². The molecule has 2 rings (SSSR count). The van der Waals surface area contributed by atoms with Gasteiger partial charge < -0.3 is 9.64 Å². The topological polar surface area (TPSA) is 29.5 Å². The Morgan fingerprint density at radius 1 is 1.27 bits per heavy atom. The summed E-state index contributed by atoms with van der Waals surface area (Å²) in [6.07, 6.45) is -0.148. The van der Waals surface area contributed by atoms with Crippen molar-refractivity contribution < 1.29 is 9.53 Å². The lowest BCUT2D eigenvalue weighted by molar-refractivity contribution is 0.0255. The smallest absolute Gasteiger partial charge is 0.410 e. The summed E-state index contributed by atoms with van der Waals surface area (Å²) < 4.78 is 5.35. The van der Waals surface area contributed by atoms with Crippen LogP contribution < -0.4 is 0 Å². The summed E-state index contributed by atoms with van der Waals surface area (Å²) >= 11 is 0. The highest BCUT2D eigenvalue weighted by Gasteiger charge is 2.63. The van der Waals surface area contributed by atoms with E-state index in [0.29, 0.717) is 17.3 Å². The zero-order chi connectivity index (χ0) is 11.4. The molecule has 0 radical (unpaired) electrons. The molecule has 0 aromatic carbocycles. The second kappa shape index (κ2) is 2.89. The molecule has 3 nitrogen and oxygen atoms in total. The molecule has 1 aliphatic carbocycles. The summed E-state index contributed by atoms with van der Waals surface area (Å²) in [5, 5.41) is 0. The first-order chi connectivity index (χ1) is 6.72. The van der Waals surface area contributed by atoms with Gasteiger partial charge in [0.1, 0.15) is 5.60 Å². The van der Waals surface area contributed by atoms with Gasteiger partial charge in [0.25, 0.3) is 0 Å². The molecule has 0 aromatic heterocycles. The molecule has 2 fully saturated rings. The van der Waals surface area contributed by atoms with Crippen molar-refractivity contribution >= 4 is 6.09 Å². The van der Waals surface area contributed by atoms with Crippen molar-refractivity contribution in [2.45, 2.75) is 40.2 Å². The van der Waals surface area contributed by atoms with E-state index in [1.165, 1.54) is 0 Å². The van der Waals surface area contributed by atoms with Gasteiger partial charge in [0.15, 0.2) is 0 Å². The van der Waals surface area contributed by atoms with Crippen LogP contribution in [0.5, 0.6) is 0 Å². The molecule has 1 heterocycles. The Morgan fingerprint density at radius 2 is 1.73 bits per heavy atom. The molecule has 86 valence electrons. The summed E-state index contributed by atoms with van der Waals surface area (Å²) in [7, 11) is 0. The molecule has 0 spiro atoms. The van der Waals surface area contributed by atoms with Gasteiger partial charge in [0.2, 0.25) is 0 Å². The van der Waals surface area contributed by atoms with E-state index in [-0.39, 0.29) is 11.7 Å². The van der Waals surface area contributed by atoms with Gasteiger partial charge in [-0.25, -0.2) is 4.79 Å². The maximum absolute atomic E-state index is 11.7. The van der Waals surface area contributed by atoms with Crippen LogP contribution in [0.25, 0.3) is 0 Å². The van der Waals surface area contributed by atoms with Crippen LogP contribution in [0.4, 0.5) is 4.79 Å². The number of ether oxygens (including phenoxy) is 1. The van der Waals surface area contributed by atoms with E-state index < -0.39 is 0 Å². The van der Waals surface area contributed by atoms with Crippen LogP contribution in [-0.4, -0.2) is 29.7 Å². The molecule has 0 bridgehead atoms. The van der Waals surface area contributed by atoms with Crippen molar-refractivity contribution in [2.75, 3.05) is 13.1 Å². The SMILES string of the molecule is CC(C)(C)OC(=O)N1CC2[C@@H](C1)C2(C)C. The molecule has 2 atom stereocenters. The Balaban J connectivity index is 1.87. The van der Waals surface area contributed by atoms with Gasteiger partial charge >= 0.3 is 6.09 Å². The third kappa shape index (κ3) is 1.84. The van der Waals surface area contributed by atoms with Gasteiger partial charge in [-0.2, -0.15) is 0 Å². The Labute approximate surface area is 91.8 Å². The summed E-state index contributed by atoms with van der Waals surface area (Å²) in [5.74, 6) is 1.40. The first-order valence-corrected chi connectivity index (χ1v) is 5.70. The quantitative estimate of drug-likeness (QED) is 0.616. The van der Waals surface area contributed by atoms with E-state index in [0.717, 1.165) is 13.1 Å². The summed E-state index contributed by atoms with van der Waals surface area (Å²) in [5.41, 5.74) is 0.0812. The molecule has 1 unspecified atom stereocenters. The summed E-state index contributed by atoms with van der Waals surface area (Å²) in [6.45, 7) is 12.1. The Bertz CT molecular complexity index is 276. The predicted octanol–water partition coefficient (Wildman–Crippen LogP) is 2.51. The number of carbonyl (C=O) groups excluding carboxylic acids is 1. The highest BCUT2D eigenvalue weighted by Crippen LogP contribution is 2.61. The number of piperidine rings is 1. The predicted molar refractivity (Wildman–Crippen MR) is 58.6 cm³/mol. The number of hydrogen-bond donors (Lipinski definition) is 0. The minimum atomic E-state index is -0.376. The minimum Gasteiger partial charge on any atom is -0.444 e. The van der Waals surface area contributed by atoms with E-state index >= 15 is 0 Å². The fourth-order valence-electron chi connectivity index (χ4n) is 2.61. The molecule has 1 aliphatic heterocycles. The van der Waals surface area contributed by atoms with Crippen molar-refractivity contribution in [3.05, 3.63) is 0 Å². The molecule has 1 saturated heterocycles. The molecule has 3 heteroatoms. The molecular formula is C12H21NO2. The van der Waals surface area contributed by atoms with Crippen molar-refractivity contribution in [3.63, 3.8) is 0 Å². The van der Waals surface area contributed by atoms with Gasteiger partial charge in [0, 0.05) is 13.1 Å². The molecule has 0 N–H and O–H groups in total. The van der Waals surface area contributed by atoms with E-state index in [4.69, 9.17) is 4.74 Å². The van der Waals surface area contributed by atoms with Crippen LogP contribution in [0.2, 0.25) is 0 Å². The molecule has 1 saturated carbocycles. The first-order valence-electron chi connectivity index (χ1n) is 5.70. The normalized spacial score (nSPS) is 32.5. The zero-order valence-corrected chi connectivity index (χ0v) is 10.3. The van der Waals surface area contributed by atoms with Crippen LogP contribution in [0, 0.1) is 17.3 Å². The highest BCUT2D eigenvalue weighted by molar-refractivity contribution is 5.69. The lowest BCUT2D eigenvalue weighted by atomic mass is 10.1. The highest BCUT2D eigenvalue weighted by atomic mass is 16.6. The van der Waals surface area contributed by atoms with Crippen LogP contribution in [0.3, 0.4) is 0 Å². The standard InChI is InChI=1S/C12H21NO2/c1-11(2,3)15-10(14)13-6-8-9(7-13)12(8,4)5/h8-9H,6-7H2,1-5H3/t8-,9?/m1/s1. The van der Waals surface area contributed by atoms with Crippen LogP contribution in [0.1, 0.15) is 34.6 Å². The molecule has 0 aromatic rings. The third-order valence-electron chi connectivity index (χ3n) is 3.77. The average Bonchev–Trinajstić information content (AvgIpc) is 2.47. The van der Waals surface area contributed by atoms with E-state index in [2.05, 4.69) is 13.8 Å². The molecule has 2 aliphatic rings. The fourth-order valence-corrected chi connectivity index (χ4v) is 2.61.